The Labute approximate surface area is 113 Å². The molecule has 1 aliphatic heterocycles. The fourth-order valence-corrected chi connectivity index (χ4v) is 3.48. The van der Waals surface area contributed by atoms with Gasteiger partial charge >= 0.3 is 0 Å². The van der Waals surface area contributed by atoms with E-state index < -0.39 is 0 Å². The zero-order valence-electron chi connectivity index (χ0n) is 11.2. The van der Waals surface area contributed by atoms with Gasteiger partial charge in [-0.15, -0.1) is 0 Å². The van der Waals surface area contributed by atoms with Gasteiger partial charge in [0.2, 0.25) is 5.91 Å². The summed E-state index contributed by atoms with van der Waals surface area (Å²) in [7, 11) is 0. The maximum Gasteiger partial charge on any atom is 0.224 e. The summed E-state index contributed by atoms with van der Waals surface area (Å²) in [6, 6.07) is 10.5. The minimum Gasteiger partial charge on any atom is -0.333 e. The maximum absolute atomic E-state index is 12.3. The number of carbonyl (C=O) groups excluding carboxylic acids is 2. The van der Waals surface area contributed by atoms with Crippen molar-refractivity contribution in [1.82, 2.24) is 4.90 Å². The molecule has 1 aromatic carbocycles. The summed E-state index contributed by atoms with van der Waals surface area (Å²) in [5.41, 5.74) is 1.17. The highest BCUT2D eigenvalue weighted by Crippen LogP contribution is 2.37. The molecular weight excluding hydrogens is 238 g/mol. The lowest BCUT2D eigenvalue weighted by Gasteiger charge is -2.45. The van der Waals surface area contributed by atoms with Gasteiger partial charge in [-0.25, -0.2) is 0 Å². The quantitative estimate of drug-likeness (QED) is 0.817. The molecule has 3 heteroatoms. The van der Waals surface area contributed by atoms with Crippen LogP contribution in [0.5, 0.6) is 0 Å². The Morgan fingerprint density at radius 2 is 1.95 bits per heavy atom. The van der Waals surface area contributed by atoms with Crippen molar-refractivity contribution in [3.05, 3.63) is 35.9 Å². The number of benzene rings is 1. The second kappa shape index (κ2) is 4.80. The van der Waals surface area contributed by atoms with E-state index in [1.165, 1.54) is 5.56 Å². The summed E-state index contributed by atoms with van der Waals surface area (Å²) in [5, 5.41) is 0. The van der Waals surface area contributed by atoms with E-state index in [9.17, 15) is 9.59 Å². The molecule has 1 aliphatic carbocycles. The number of Topliss-reactive ketones (excluding diaryl/α,β-unsaturated/α-hetero) is 1. The molecule has 100 valence electrons. The van der Waals surface area contributed by atoms with Crippen LogP contribution in [0.15, 0.2) is 30.3 Å². The monoisotopic (exact) mass is 257 g/mol. The number of likely N-dealkylation sites (tertiary alicyclic amines) is 1. The fraction of sp³-hybridized carbons (Fsp3) is 0.500. The van der Waals surface area contributed by atoms with Gasteiger partial charge < -0.3 is 4.90 Å². The average Bonchev–Trinajstić information content (AvgIpc) is 2.43. The van der Waals surface area contributed by atoms with Crippen LogP contribution in [0.2, 0.25) is 0 Å². The Balaban J connectivity index is 1.84. The molecule has 2 aliphatic rings. The number of ketones is 1. The number of nitrogens with zero attached hydrogens (tertiary/aromatic N) is 1. The Kier molecular flexibility index (Phi) is 3.13. The van der Waals surface area contributed by atoms with Gasteiger partial charge in [-0.3, -0.25) is 9.59 Å². The van der Waals surface area contributed by atoms with E-state index in [0.717, 1.165) is 12.8 Å². The highest BCUT2D eigenvalue weighted by Gasteiger charge is 2.42. The van der Waals surface area contributed by atoms with Crippen molar-refractivity contribution in [2.75, 3.05) is 0 Å². The molecule has 3 nitrogen and oxygen atoms in total. The normalized spacial score (nSPS) is 28.4. The minimum absolute atomic E-state index is 0.00882. The van der Waals surface area contributed by atoms with Gasteiger partial charge in [0.05, 0.1) is 6.04 Å². The highest BCUT2D eigenvalue weighted by atomic mass is 16.2. The van der Waals surface area contributed by atoms with Gasteiger partial charge in [0.15, 0.2) is 0 Å². The molecular formula is C16H19NO2. The van der Waals surface area contributed by atoms with Gasteiger partial charge in [0.1, 0.15) is 5.78 Å². The second-order valence-corrected chi connectivity index (χ2v) is 5.68. The summed E-state index contributed by atoms with van der Waals surface area (Å²) in [5.74, 6) is 0.424. The molecule has 3 atom stereocenters. The molecule has 0 radical (unpaired) electrons. The van der Waals surface area contributed by atoms with E-state index >= 15 is 0 Å². The summed E-state index contributed by atoms with van der Waals surface area (Å²) >= 11 is 0. The molecule has 19 heavy (non-hydrogen) atoms. The molecule has 0 aromatic heterocycles. The van der Waals surface area contributed by atoms with Crippen molar-refractivity contribution >= 4 is 11.7 Å². The molecule has 1 saturated carbocycles. The van der Waals surface area contributed by atoms with Crippen molar-refractivity contribution in [1.29, 1.82) is 0 Å². The lowest BCUT2D eigenvalue weighted by molar-refractivity contribution is -0.149. The van der Waals surface area contributed by atoms with Crippen LogP contribution in [0.4, 0.5) is 0 Å². The SMILES string of the molecule is C[C@@H](c1ccccc1)N1C(=O)C[C@@H]2C[C@H]1CCC2=O. The van der Waals surface area contributed by atoms with Gasteiger partial charge in [-0.05, 0) is 25.3 Å². The third-order valence-electron chi connectivity index (χ3n) is 4.54. The predicted molar refractivity (Wildman–Crippen MR) is 72.5 cm³/mol. The summed E-state index contributed by atoms with van der Waals surface area (Å²) in [4.78, 5) is 26.1. The van der Waals surface area contributed by atoms with E-state index in [2.05, 4.69) is 19.1 Å². The van der Waals surface area contributed by atoms with Crippen LogP contribution < -0.4 is 0 Å². The first-order valence-corrected chi connectivity index (χ1v) is 7.05. The van der Waals surface area contributed by atoms with Crippen molar-refractivity contribution in [2.24, 2.45) is 5.92 Å². The zero-order valence-corrected chi connectivity index (χ0v) is 11.2. The zero-order chi connectivity index (χ0) is 13.4. The topological polar surface area (TPSA) is 37.4 Å². The van der Waals surface area contributed by atoms with Crippen LogP contribution >= 0.6 is 0 Å². The largest absolute Gasteiger partial charge is 0.333 e. The van der Waals surface area contributed by atoms with E-state index in [1.807, 2.05) is 23.1 Å². The van der Waals surface area contributed by atoms with E-state index in [1.54, 1.807) is 0 Å². The Morgan fingerprint density at radius 1 is 1.21 bits per heavy atom. The summed E-state index contributed by atoms with van der Waals surface area (Å²) in [6.07, 6.45) is 2.74. The van der Waals surface area contributed by atoms with Crippen LogP contribution in [-0.2, 0) is 9.59 Å². The first-order chi connectivity index (χ1) is 9.16. The number of hydrogen-bond acceptors (Lipinski definition) is 2. The molecule has 1 saturated heterocycles. The lowest BCUT2D eigenvalue weighted by Crippen LogP contribution is -2.51. The number of amides is 1. The molecule has 1 heterocycles. The number of carbonyl (C=O) groups is 2. The Hall–Kier alpha value is -1.64. The molecule has 0 spiro atoms. The Bertz CT molecular complexity index is 497. The van der Waals surface area contributed by atoms with E-state index in [0.29, 0.717) is 12.8 Å². The first kappa shape index (κ1) is 12.4. The molecule has 0 N–H and O–H groups in total. The van der Waals surface area contributed by atoms with Crippen molar-refractivity contribution in [3.63, 3.8) is 0 Å². The van der Waals surface area contributed by atoms with Crippen LogP contribution in [0.25, 0.3) is 0 Å². The van der Waals surface area contributed by atoms with Crippen molar-refractivity contribution in [3.8, 4) is 0 Å². The average molecular weight is 257 g/mol. The summed E-state index contributed by atoms with van der Waals surface area (Å²) in [6.45, 7) is 2.09. The highest BCUT2D eigenvalue weighted by molar-refractivity contribution is 5.90. The standard InChI is InChI=1S/C16H19NO2/c1-11(12-5-3-2-4-6-12)17-14-7-8-15(18)13(9-14)10-16(17)19/h2-6,11,13-14H,7-10H2,1H3/t11-,13-,14+/m0/s1. The van der Waals surface area contributed by atoms with Crippen molar-refractivity contribution in [2.45, 2.75) is 44.7 Å². The molecule has 0 unspecified atom stereocenters. The molecule has 2 bridgehead atoms. The van der Waals surface area contributed by atoms with Gasteiger partial charge in [0.25, 0.3) is 0 Å². The van der Waals surface area contributed by atoms with Gasteiger partial charge in [-0.1, -0.05) is 30.3 Å². The Morgan fingerprint density at radius 3 is 2.68 bits per heavy atom. The molecule has 1 aromatic rings. The first-order valence-electron chi connectivity index (χ1n) is 7.05. The number of fused-ring (bicyclic) bond motifs is 2. The fourth-order valence-electron chi connectivity index (χ4n) is 3.48. The van der Waals surface area contributed by atoms with Crippen LogP contribution in [0.1, 0.15) is 44.2 Å². The third-order valence-corrected chi connectivity index (χ3v) is 4.54. The number of piperidine rings is 1. The molecule has 2 fully saturated rings. The smallest absolute Gasteiger partial charge is 0.224 e. The van der Waals surface area contributed by atoms with Crippen LogP contribution in [-0.4, -0.2) is 22.6 Å². The number of rotatable bonds is 2. The summed E-state index contributed by atoms with van der Waals surface area (Å²) < 4.78 is 0. The third kappa shape index (κ3) is 2.18. The van der Waals surface area contributed by atoms with Gasteiger partial charge in [-0.2, -0.15) is 0 Å². The lowest BCUT2D eigenvalue weighted by atomic mass is 9.77. The van der Waals surface area contributed by atoms with E-state index in [-0.39, 0.29) is 29.7 Å². The van der Waals surface area contributed by atoms with E-state index in [4.69, 9.17) is 0 Å². The van der Waals surface area contributed by atoms with Crippen molar-refractivity contribution < 1.29 is 9.59 Å². The predicted octanol–water partition coefficient (Wildman–Crippen LogP) is 2.72. The minimum atomic E-state index is -0.00882. The van der Waals surface area contributed by atoms with Crippen LogP contribution in [0, 0.1) is 5.92 Å². The number of hydrogen-bond donors (Lipinski definition) is 0. The molecule has 1 amide bonds. The molecule has 3 rings (SSSR count). The second-order valence-electron chi connectivity index (χ2n) is 5.68. The van der Waals surface area contributed by atoms with Crippen LogP contribution in [0.3, 0.4) is 0 Å². The van der Waals surface area contributed by atoms with Gasteiger partial charge in [0, 0.05) is 24.8 Å². The maximum atomic E-state index is 12.3.